The number of phenolic OH excluding ortho intramolecular Hbond substituents is 1. The molecule has 0 bridgehead atoms. The summed E-state index contributed by atoms with van der Waals surface area (Å²) in [5.41, 5.74) is 2.17. The number of carbonyl (C=O) groups is 1. The van der Waals surface area contributed by atoms with Gasteiger partial charge < -0.3 is 10.2 Å². The lowest BCUT2D eigenvalue weighted by atomic mass is 9.84. The lowest BCUT2D eigenvalue weighted by Gasteiger charge is -2.20. The summed E-state index contributed by atoms with van der Waals surface area (Å²) in [6.07, 6.45) is 3.30. The molecule has 0 aromatic heterocycles. The molecule has 1 aliphatic carbocycles. The molecule has 2 rings (SSSR count). The van der Waals surface area contributed by atoms with Gasteiger partial charge in [0.25, 0.3) is 0 Å². The van der Waals surface area contributed by atoms with Gasteiger partial charge in [-0.15, -0.1) is 0 Å². The van der Waals surface area contributed by atoms with Crippen LogP contribution in [0.4, 0.5) is 0 Å². The number of phenols is 1. The van der Waals surface area contributed by atoms with Gasteiger partial charge in [0.15, 0.2) is 0 Å². The van der Waals surface area contributed by atoms with Gasteiger partial charge in [0, 0.05) is 0 Å². The number of rotatable bonds is 4. The van der Waals surface area contributed by atoms with E-state index in [-0.39, 0.29) is 17.6 Å². The number of fused-ring (bicyclic) bond motifs is 1. The highest BCUT2D eigenvalue weighted by Crippen LogP contribution is 2.43. The Hall–Kier alpha value is -1.03. The maximum Gasteiger partial charge on any atom is 0.307 e. The smallest absolute Gasteiger partial charge is 0.307 e. The third kappa shape index (κ3) is 2.39. The minimum atomic E-state index is -0.709. The number of aromatic hydroxyl groups is 1. The summed E-state index contributed by atoms with van der Waals surface area (Å²) in [5, 5.41) is 19.0. The maximum absolute atomic E-state index is 11.4. The molecule has 0 aliphatic heterocycles. The molecule has 2 unspecified atom stereocenters. The zero-order valence-corrected chi connectivity index (χ0v) is 11.9. The van der Waals surface area contributed by atoms with Crippen molar-refractivity contribution < 1.29 is 15.0 Å². The Bertz CT molecular complexity index is 470. The Balaban J connectivity index is 2.35. The van der Waals surface area contributed by atoms with E-state index in [1.54, 1.807) is 6.07 Å². The van der Waals surface area contributed by atoms with Gasteiger partial charge in [-0.2, -0.15) is 0 Å². The molecule has 2 atom stereocenters. The Kier molecular flexibility index (Phi) is 3.95. The summed E-state index contributed by atoms with van der Waals surface area (Å²) in [5.74, 6) is -0.710. The largest absolute Gasteiger partial charge is 0.507 e. The standard InChI is InChI=1S/C14H17BrO3/c1-2-3-10(14(17)18)9-5-4-8-6-13(16)12(15)7-11(8)9/h6-7,9-10,16H,2-5H2,1H3,(H,17,18). The summed E-state index contributed by atoms with van der Waals surface area (Å²) in [4.78, 5) is 11.4. The van der Waals surface area contributed by atoms with Crippen molar-refractivity contribution in [1.29, 1.82) is 0 Å². The van der Waals surface area contributed by atoms with E-state index in [4.69, 9.17) is 0 Å². The van der Waals surface area contributed by atoms with Crippen molar-refractivity contribution in [3.63, 3.8) is 0 Å². The van der Waals surface area contributed by atoms with Crippen molar-refractivity contribution in [3.05, 3.63) is 27.7 Å². The lowest BCUT2D eigenvalue weighted by Crippen LogP contribution is -2.20. The molecular formula is C14H17BrO3. The second-order valence-electron chi connectivity index (χ2n) is 4.88. The molecular weight excluding hydrogens is 296 g/mol. The zero-order valence-electron chi connectivity index (χ0n) is 10.3. The minimum absolute atomic E-state index is 0.0781. The van der Waals surface area contributed by atoms with E-state index in [0.29, 0.717) is 10.9 Å². The fourth-order valence-electron chi connectivity index (χ4n) is 2.87. The van der Waals surface area contributed by atoms with Crippen LogP contribution in [0.25, 0.3) is 0 Å². The summed E-state index contributed by atoms with van der Waals surface area (Å²) >= 11 is 3.30. The molecule has 0 heterocycles. The average Bonchev–Trinajstić information content (AvgIpc) is 2.69. The van der Waals surface area contributed by atoms with Crippen LogP contribution in [0.2, 0.25) is 0 Å². The Labute approximate surface area is 115 Å². The van der Waals surface area contributed by atoms with Crippen molar-refractivity contribution in [3.8, 4) is 5.75 Å². The monoisotopic (exact) mass is 312 g/mol. The fourth-order valence-corrected chi connectivity index (χ4v) is 3.24. The van der Waals surface area contributed by atoms with Gasteiger partial charge in [-0.3, -0.25) is 4.79 Å². The molecule has 98 valence electrons. The second-order valence-corrected chi connectivity index (χ2v) is 5.74. The van der Waals surface area contributed by atoms with Crippen molar-refractivity contribution in [2.24, 2.45) is 5.92 Å². The number of carboxylic acid groups (broad SMARTS) is 1. The molecule has 1 aromatic rings. The van der Waals surface area contributed by atoms with E-state index in [1.807, 2.05) is 13.0 Å². The van der Waals surface area contributed by atoms with Gasteiger partial charge in [-0.05, 0) is 64.4 Å². The minimum Gasteiger partial charge on any atom is -0.507 e. The number of hydrogen-bond acceptors (Lipinski definition) is 2. The van der Waals surface area contributed by atoms with Gasteiger partial charge in [0.1, 0.15) is 5.75 Å². The maximum atomic E-state index is 11.4. The molecule has 0 saturated heterocycles. The first-order valence-corrected chi connectivity index (χ1v) is 7.08. The van der Waals surface area contributed by atoms with Crippen LogP contribution >= 0.6 is 15.9 Å². The van der Waals surface area contributed by atoms with Crippen molar-refractivity contribution in [1.82, 2.24) is 0 Å². The second kappa shape index (κ2) is 5.31. The number of benzene rings is 1. The lowest BCUT2D eigenvalue weighted by molar-refractivity contribution is -0.142. The van der Waals surface area contributed by atoms with Crippen LogP contribution in [0.1, 0.15) is 43.2 Å². The predicted octanol–water partition coefficient (Wildman–Crippen LogP) is 3.69. The van der Waals surface area contributed by atoms with Crippen LogP contribution in [-0.2, 0) is 11.2 Å². The molecule has 0 fully saturated rings. The molecule has 0 saturated carbocycles. The van der Waals surface area contributed by atoms with E-state index in [9.17, 15) is 15.0 Å². The zero-order chi connectivity index (χ0) is 13.3. The first kappa shape index (κ1) is 13.4. The first-order valence-electron chi connectivity index (χ1n) is 6.28. The molecule has 2 N–H and O–H groups in total. The summed E-state index contributed by atoms with van der Waals surface area (Å²) < 4.78 is 0.647. The van der Waals surface area contributed by atoms with Crippen LogP contribution in [0.5, 0.6) is 5.75 Å². The van der Waals surface area contributed by atoms with Gasteiger partial charge in [-0.25, -0.2) is 0 Å². The number of aryl methyl sites for hydroxylation is 1. The normalized spacial score (nSPS) is 19.6. The van der Waals surface area contributed by atoms with E-state index < -0.39 is 5.97 Å². The molecule has 3 nitrogen and oxygen atoms in total. The number of carboxylic acids is 1. The molecule has 1 aromatic carbocycles. The molecule has 0 amide bonds. The van der Waals surface area contributed by atoms with Gasteiger partial charge in [0.2, 0.25) is 0 Å². The van der Waals surface area contributed by atoms with Gasteiger partial charge >= 0.3 is 5.97 Å². The summed E-state index contributed by atoms with van der Waals surface area (Å²) in [6, 6.07) is 3.64. The van der Waals surface area contributed by atoms with E-state index >= 15 is 0 Å². The summed E-state index contributed by atoms with van der Waals surface area (Å²) in [6.45, 7) is 2.01. The van der Waals surface area contributed by atoms with Crippen molar-refractivity contribution in [2.75, 3.05) is 0 Å². The molecule has 4 heteroatoms. The van der Waals surface area contributed by atoms with E-state index in [1.165, 1.54) is 0 Å². The Morgan fingerprint density at radius 2 is 2.28 bits per heavy atom. The third-order valence-corrected chi connectivity index (χ3v) is 4.37. The number of halogens is 1. The predicted molar refractivity (Wildman–Crippen MR) is 72.9 cm³/mol. The molecule has 0 radical (unpaired) electrons. The first-order chi connectivity index (χ1) is 8.54. The van der Waals surface area contributed by atoms with Crippen LogP contribution in [0.3, 0.4) is 0 Å². The molecule has 18 heavy (non-hydrogen) atoms. The number of aliphatic carboxylic acids is 1. The van der Waals surface area contributed by atoms with Gasteiger partial charge in [-0.1, -0.05) is 13.3 Å². The van der Waals surface area contributed by atoms with Crippen molar-refractivity contribution in [2.45, 2.75) is 38.5 Å². The highest BCUT2D eigenvalue weighted by atomic mass is 79.9. The molecule has 1 aliphatic rings. The Morgan fingerprint density at radius 1 is 1.56 bits per heavy atom. The van der Waals surface area contributed by atoms with E-state index in [2.05, 4.69) is 15.9 Å². The van der Waals surface area contributed by atoms with Crippen LogP contribution < -0.4 is 0 Å². The van der Waals surface area contributed by atoms with Crippen LogP contribution in [0.15, 0.2) is 16.6 Å². The third-order valence-electron chi connectivity index (χ3n) is 3.74. The van der Waals surface area contributed by atoms with Gasteiger partial charge in [0.05, 0.1) is 10.4 Å². The number of hydrogen-bond donors (Lipinski definition) is 2. The topological polar surface area (TPSA) is 57.5 Å². The van der Waals surface area contributed by atoms with Crippen LogP contribution in [-0.4, -0.2) is 16.2 Å². The highest BCUT2D eigenvalue weighted by Gasteiger charge is 2.34. The Morgan fingerprint density at radius 3 is 2.89 bits per heavy atom. The average molecular weight is 313 g/mol. The molecule has 0 spiro atoms. The quantitative estimate of drug-likeness (QED) is 0.891. The fraction of sp³-hybridized carbons (Fsp3) is 0.500. The van der Waals surface area contributed by atoms with E-state index in [0.717, 1.165) is 30.4 Å². The summed E-state index contributed by atoms with van der Waals surface area (Å²) in [7, 11) is 0. The van der Waals surface area contributed by atoms with Crippen molar-refractivity contribution >= 4 is 21.9 Å². The van der Waals surface area contributed by atoms with Crippen LogP contribution in [0, 0.1) is 5.92 Å². The highest BCUT2D eigenvalue weighted by molar-refractivity contribution is 9.10. The SMILES string of the molecule is CCCC(C(=O)O)C1CCc2cc(O)c(Br)cc21.